The average Bonchev–Trinajstić information content (AvgIpc) is 3.34. The van der Waals surface area contributed by atoms with E-state index in [0.717, 1.165) is 36.2 Å². The molecule has 2 aromatic carbocycles. The summed E-state index contributed by atoms with van der Waals surface area (Å²) in [5.74, 6) is 0.676. The number of carbonyl (C=O) groups is 1. The third kappa shape index (κ3) is 3.44. The third-order valence-electron chi connectivity index (χ3n) is 5.01. The lowest BCUT2D eigenvalue weighted by Gasteiger charge is -2.27. The summed E-state index contributed by atoms with van der Waals surface area (Å²) in [7, 11) is 0. The molecule has 1 amide bonds. The van der Waals surface area contributed by atoms with Crippen molar-refractivity contribution in [3.63, 3.8) is 0 Å². The Morgan fingerprint density at radius 3 is 2.86 bits per heavy atom. The second-order valence-electron chi connectivity index (χ2n) is 6.96. The number of fused-ring (bicyclic) bond motifs is 2. The summed E-state index contributed by atoms with van der Waals surface area (Å²) < 4.78 is 5.85. The minimum Gasteiger partial charge on any atom is -0.454 e. The Morgan fingerprint density at radius 1 is 1.14 bits per heavy atom. The first-order valence-corrected chi connectivity index (χ1v) is 10.2. The highest BCUT2D eigenvalue weighted by Gasteiger charge is 2.19. The minimum atomic E-state index is -0.0371. The maximum absolute atomic E-state index is 12.5. The summed E-state index contributed by atoms with van der Waals surface area (Å²) in [6.07, 6.45) is 0.983. The molecule has 1 N–H and O–H groups in total. The van der Waals surface area contributed by atoms with Crippen LogP contribution in [0.1, 0.15) is 11.1 Å². The van der Waals surface area contributed by atoms with Gasteiger partial charge in [0.1, 0.15) is 11.3 Å². The Bertz CT molecular complexity index is 1110. The number of benzene rings is 2. The Hall–Kier alpha value is -2.96. The van der Waals surface area contributed by atoms with Crippen LogP contribution in [0.3, 0.4) is 0 Å². The van der Waals surface area contributed by atoms with E-state index in [9.17, 15) is 4.79 Å². The maximum atomic E-state index is 12.5. The van der Waals surface area contributed by atoms with Crippen LogP contribution in [-0.4, -0.2) is 28.9 Å². The summed E-state index contributed by atoms with van der Waals surface area (Å²) in [4.78, 5) is 19.2. The fourth-order valence-corrected chi connectivity index (χ4v) is 4.32. The number of hydrogen-bond donors (Lipinski definition) is 1. The van der Waals surface area contributed by atoms with E-state index in [2.05, 4.69) is 39.5 Å². The molecule has 28 heavy (non-hydrogen) atoms. The SMILES string of the molecule is O=C(CN1CCc2ccccc2C1)Nc1nc(-c2cc3ccccc3o2)cs1. The zero-order valence-corrected chi connectivity index (χ0v) is 16.0. The zero-order valence-electron chi connectivity index (χ0n) is 15.2. The molecule has 0 saturated heterocycles. The molecule has 0 atom stereocenters. The number of rotatable bonds is 4. The van der Waals surface area contributed by atoms with Crippen molar-refractivity contribution in [3.05, 3.63) is 71.1 Å². The maximum Gasteiger partial charge on any atom is 0.240 e. The molecule has 0 aliphatic carbocycles. The molecular formula is C22H19N3O2S. The monoisotopic (exact) mass is 389 g/mol. The average molecular weight is 389 g/mol. The number of para-hydroxylation sites is 1. The van der Waals surface area contributed by atoms with Gasteiger partial charge in [-0.3, -0.25) is 9.69 Å². The number of carbonyl (C=O) groups excluding carboxylic acids is 1. The van der Waals surface area contributed by atoms with Crippen molar-refractivity contribution in [1.29, 1.82) is 0 Å². The van der Waals surface area contributed by atoms with Crippen LogP contribution in [0.4, 0.5) is 5.13 Å². The van der Waals surface area contributed by atoms with Gasteiger partial charge in [0.25, 0.3) is 0 Å². The third-order valence-corrected chi connectivity index (χ3v) is 5.76. The van der Waals surface area contributed by atoms with E-state index in [1.165, 1.54) is 22.5 Å². The van der Waals surface area contributed by atoms with Crippen LogP contribution in [0.5, 0.6) is 0 Å². The molecule has 0 spiro atoms. The highest BCUT2D eigenvalue weighted by Crippen LogP contribution is 2.30. The van der Waals surface area contributed by atoms with E-state index in [1.54, 1.807) is 0 Å². The van der Waals surface area contributed by atoms with Crippen LogP contribution < -0.4 is 5.32 Å². The van der Waals surface area contributed by atoms with Crippen LogP contribution >= 0.6 is 11.3 Å². The molecule has 1 aliphatic rings. The zero-order chi connectivity index (χ0) is 18.9. The summed E-state index contributed by atoms with van der Waals surface area (Å²) in [5.41, 5.74) is 4.27. The fraction of sp³-hybridized carbons (Fsp3) is 0.182. The number of nitrogens with one attached hydrogen (secondary N) is 1. The largest absolute Gasteiger partial charge is 0.454 e. The molecule has 5 nitrogen and oxygen atoms in total. The quantitative estimate of drug-likeness (QED) is 0.556. The predicted molar refractivity (Wildman–Crippen MR) is 111 cm³/mol. The Kier molecular flexibility index (Phi) is 4.43. The van der Waals surface area contributed by atoms with E-state index < -0.39 is 0 Å². The lowest BCUT2D eigenvalue weighted by atomic mass is 10.00. The first kappa shape index (κ1) is 17.2. The van der Waals surface area contributed by atoms with Crippen molar-refractivity contribution in [2.75, 3.05) is 18.4 Å². The molecule has 0 radical (unpaired) electrons. The number of hydrogen-bond acceptors (Lipinski definition) is 5. The smallest absolute Gasteiger partial charge is 0.240 e. The van der Waals surface area contributed by atoms with Crippen LogP contribution in [0.25, 0.3) is 22.4 Å². The second kappa shape index (κ2) is 7.22. The summed E-state index contributed by atoms with van der Waals surface area (Å²) >= 11 is 1.41. The first-order chi connectivity index (χ1) is 13.7. The molecule has 3 heterocycles. The highest BCUT2D eigenvalue weighted by molar-refractivity contribution is 7.14. The summed E-state index contributed by atoms with van der Waals surface area (Å²) in [6, 6.07) is 18.3. The standard InChI is InChI=1S/C22H19N3O2S/c26-21(13-25-10-9-15-5-1-2-7-17(15)12-25)24-22-23-18(14-28-22)20-11-16-6-3-4-8-19(16)27-20/h1-8,11,14H,9-10,12-13H2,(H,23,24,26). The molecule has 1 aliphatic heterocycles. The van der Waals surface area contributed by atoms with Gasteiger partial charge in [0.05, 0.1) is 6.54 Å². The molecule has 0 fully saturated rings. The normalized spacial score (nSPS) is 14.1. The van der Waals surface area contributed by atoms with Gasteiger partial charge in [0.15, 0.2) is 10.9 Å². The molecular weight excluding hydrogens is 370 g/mol. The fourth-order valence-electron chi connectivity index (χ4n) is 3.60. The van der Waals surface area contributed by atoms with Crippen LogP contribution in [0.2, 0.25) is 0 Å². The lowest BCUT2D eigenvalue weighted by Crippen LogP contribution is -2.37. The highest BCUT2D eigenvalue weighted by atomic mass is 32.1. The minimum absolute atomic E-state index is 0.0371. The van der Waals surface area contributed by atoms with Gasteiger partial charge in [-0.25, -0.2) is 4.98 Å². The van der Waals surface area contributed by atoms with Gasteiger partial charge < -0.3 is 9.73 Å². The number of thiazole rings is 1. The van der Waals surface area contributed by atoms with Crippen molar-refractivity contribution in [2.45, 2.75) is 13.0 Å². The number of furan rings is 1. The van der Waals surface area contributed by atoms with Gasteiger partial charge in [-0.15, -0.1) is 11.3 Å². The van der Waals surface area contributed by atoms with Crippen LogP contribution in [0.15, 0.2) is 64.4 Å². The lowest BCUT2D eigenvalue weighted by molar-refractivity contribution is -0.117. The number of amides is 1. The van der Waals surface area contributed by atoms with E-state index >= 15 is 0 Å². The molecule has 4 aromatic rings. The molecule has 5 rings (SSSR count). The molecule has 140 valence electrons. The molecule has 6 heteroatoms. The first-order valence-electron chi connectivity index (χ1n) is 9.28. The predicted octanol–water partition coefficient (Wildman–Crippen LogP) is 4.55. The van der Waals surface area contributed by atoms with Crippen molar-refractivity contribution in [3.8, 4) is 11.5 Å². The van der Waals surface area contributed by atoms with Crippen molar-refractivity contribution >= 4 is 33.3 Å². The van der Waals surface area contributed by atoms with Gasteiger partial charge in [-0.05, 0) is 29.7 Å². The number of nitrogens with zero attached hydrogens (tertiary/aromatic N) is 2. The summed E-state index contributed by atoms with van der Waals surface area (Å²) in [6.45, 7) is 2.08. The van der Waals surface area contributed by atoms with E-state index in [4.69, 9.17) is 4.42 Å². The van der Waals surface area contributed by atoms with Crippen LogP contribution in [-0.2, 0) is 17.8 Å². The van der Waals surface area contributed by atoms with Crippen molar-refractivity contribution in [1.82, 2.24) is 9.88 Å². The van der Waals surface area contributed by atoms with E-state index in [0.29, 0.717) is 17.4 Å². The number of aromatic nitrogens is 1. The van der Waals surface area contributed by atoms with E-state index in [-0.39, 0.29) is 5.91 Å². The van der Waals surface area contributed by atoms with Gasteiger partial charge in [0.2, 0.25) is 5.91 Å². The van der Waals surface area contributed by atoms with Gasteiger partial charge >= 0.3 is 0 Å². The molecule has 2 aromatic heterocycles. The Morgan fingerprint density at radius 2 is 1.96 bits per heavy atom. The second-order valence-corrected chi connectivity index (χ2v) is 7.82. The molecule has 0 bridgehead atoms. The summed E-state index contributed by atoms with van der Waals surface area (Å²) in [5, 5.41) is 6.47. The van der Waals surface area contributed by atoms with Crippen molar-refractivity contribution in [2.24, 2.45) is 0 Å². The van der Waals surface area contributed by atoms with E-state index in [1.807, 2.05) is 35.7 Å². The molecule has 0 unspecified atom stereocenters. The van der Waals surface area contributed by atoms with Gasteiger partial charge in [0, 0.05) is 23.9 Å². The van der Waals surface area contributed by atoms with Gasteiger partial charge in [-0.1, -0.05) is 42.5 Å². The van der Waals surface area contributed by atoms with Gasteiger partial charge in [-0.2, -0.15) is 0 Å². The van der Waals surface area contributed by atoms with Crippen molar-refractivity contribution < 1.29 is 9.21 Å². The topological polar surface area (TPSA) is 58.4 Å². The van der Waals surface area contributed by atoms with Crippen LogP contribution in [0, 0.1) is 0 Å². The number of anilines is 1. The Labute approximate surface area is 166 Å². The molecule has 0 saturated carbocycles. The Balaban J connectivity index is 1.24.